The van der Waals surface area contributed by atoms with Crippen LogP contribution in [0.2, 0.25) is 10.0 Å². The van der Waals surface area contributed by atoms with Gasteiger partial charge in [-0.15, -0.1) is 0 Å². The van der Waals surface area contributed by atoms with E-state index >= 15 is 0 Å². The summed E-state index contributed by atoms with van der Waals surface area (Å²) in [6, 6.07) is 13.7. The van der Waals surface area contributed by atoms with Crippen molar-refractivity contribution in [2.75, 3.05) is 5.75 Å². The van der Waals surface area contributed by atoms with Crippen LogP contribution in [0.5, 0.6) is 0 Å². The van der Waals surface area contributed by atoms with E-state index in [1.165, 1.54) is 0 Å². The average Bonchev–Trinajstić information content (AvgIpc) is 2.79. The van der Waals surface area contributed by atoms with Gasteiger partial charge < -0.3 is 10.4 Å². The van der Waals surface area contributed by atoms with Crippen molar-refractivity contribution >= 4 is 44.9 Å². The van der Waals surface area contributed by atoms with E-state index in [4.69, 9.17) is 23.2 Å². The summed E-state index contributed by atoms with van der Waals surface area (Å²) in [5.74, 6) is -1.87. The molecule has 0 radical (unpaired) electrons. The molecule has 2 aromatic rings. The predicted molar refractivity (Wildman–Crippen MR) is 139 cm³/mol. The number of piperidine rings is 1. The number of hydrogen-bond acceptors (Lipinski definition) is 4. The molecule has 5 atom stereocenters. The number of halogens is 2. The van der Waals surface area contributed by atoms with Gasteiger partial charge in [0.25, 0.3) is 0 Å². The fourth-order valence-electron chi connectivity index (χ4n) is 5.07. The Labute approximate surface area is 216 Å². The van der Waals surface area contributed by atoms with Gasteiger partial charge >= 0.3 is 5.97 Å². The molecule has 190 valence electrons. The van der Waals surface area contributed by atoms with E-state index in [1.54, 1.807) is 44.2 Å². The largest absolute Gasteiger partial charge is 0.481 e. The lowest BCUT2D eigenvalue weighted by atomic mass is 9.67. The Morgan fingerprint density at radius 3 is 2.40 bits per heavy atom. The molecule has 2 N–H and O–H groups in total. The Hall–Kier alpha value is -2.09. The molecule has 0 aliphatic carbocycles. The van der Waals surface area contributed by atoms with Crippen molar-refractivity contribution in [1.29, 1.82) is 0 Å². The number of carboxylic acid groups (broad SMARTS) is 1. The summed E-state index contributed by atoms with van der Waals surface area (Å²) in [4.78, 5) is 24.6. The van der Waals surface area contributed by atoms with E-state index in [9.17, 15) is 23.1 Å². The minimum Gasteiger partial charge on any atom is -0.481 e. The molecule has 3 rings (SSSR count). The maximum absolute atomic E-state index is 13.1. The third-order valence-electron chi connectivity index (χ3n) is 7.04. The second-order valence-electron chi connectivity index (χ2n) is 9.70. The standard InChI is InChI=1S/C26H31Cl2NO5S/c1-4-35(33,34)22(17-8-10-19(27)11-9-17)12-16(2)24-21(18-6-5-7-20(28)13-18)14-26(3,15-23(30)31)25(32)29-24/h5-11,13,16,21-22,24H,4,12,14-15H2,1-3H3,(H,29,32)(H,30,31)/t16?,21-,22+,24+,26+/m1/s1. The van der Waals surface area contributed by atoms with Crippen LogP contribution < -0.4 is 5.32 Å². The molecule has 0 spiro atoms. The summed E-state index contributed by atoms with van der Waals surface area (Å²) < 4.78 is 26.2. The van der Waals surface area contributed by atoms with Gasteiger partial charge in [0, 0.05) is 27.8 Å². The number of nitrogens with one attached hydrogen (secondary N) is 1. The molecule has 0 saturated carbocycles. The SMILES string of the molecule is CCS(=O)(=O)[C@@H](CC(C)[C@@H]1NC(=O)[C@](C)(CC(=O)O)C[C@@H]1c1cccc(Cl)c1)c1ccc(Cl)cc1. The number of benzene rings is 2. The highest BCUT2D eigenvalue weighted by molar-refractivity contribution is 7.91. The van der Waals surface area contributed by atoms with E-state index in [1.807, 2.05) is 25.1 Å². The minimum atomic E-state index is -3.46. The fourth-order valence-corrected chi connectivity index (χ4v) is 6.97. The monoisotopic (exact) mass is 539 g/mol. The number of carboxylic acids is 1. The Bertz CT molecular complexity index is 1180. The van der Waals surface area contributed by atoms with Gasteiger partial charge in [0.1, 0.15) is 0 Å². The van der Waals surface area contributed by atoms with E-state index in [0.717, 1.165) is 5.56 Å². The van der Waals surface area contributed by atoms with Crippen LogP contribution in [-0.4, -0.2) is 37.2 Å². The highest BCUT2D eigenvalue weighted by Crippen LogP contribution is 2.45. The summed E-state index contributed by atoms with van der Waals surface area (Å²) >= 11 is 12.3. The van der Waals surface area contributed by atoms with Gasteiger partial charge in [0.2, 0.25) is 5.91 Å². The normalized spacial score (nSPS) is 24.4. The van der Waals surface area contributed by atoms with Crippen LogP contribution in [0.1, 0.15) is 62.3 Å². The van der Waals surface area contributed by atoms with Gasteiger partial charge in [-0.25, -0.2) is 8.42 Å². The number of amides is 1. The van der Waals surface area contributed by atoms with Crippen molar-refractivity contribution in [2.24, 2.45) is 11.3 Å². The van der Waals surface area contributed by atoms with E-state index < -0.39 is 32.5 Å². The lowest BCUT2D eigenvalue weighted by molar-refractivity contribution is -0.147. The molecule has 2 aromatic carbocycles. The van der Waals surface area contributed by atoms with Crippen molar-refractivity contribution in [3.63, 3.8) is 0 Å². The molecule has 1 amide bonds. The molecule has 9 heteroatoms. The molecule has 1 saturated heterocycles. The summed E-state index contributed by atoms with van der Waals surface area (Å²) in [6.07, 6.45) is 0.302. The number of rotatable bonds is 9. The molecular formula is C26H31Cl2NO5S. The van der Waals surface area contributed by atoms with E-state index in [0.29, 0.717) is 22.0 Å². The second-order valence-corrected chi connectivity index (χ2v) is 13.0. The first-order valence-electron chi connectivity index (χ1n) is 11.6. The average molecular weight is 541 g/mol. The highest BCUT2D eigenvalue weighted by Gasteiger charge is 2.47. The maximum Gasteiger partial charge on any atom is 0.304 e. The molecule has 0 bridgehead atoms. The Kier molecular flexibility index (Phi) is 8.56. The first kappa shape index (κ1) is 27.5. The third kappa shape index (κ3) is 6.38. The van der Waals surface area contributed by atoms with Crippen LogP contribution in [-0.2, 0) is 19.4 Å². The van der Waals surface area contributed by atoms with E-state index in [2.05, 4.69) is 5.32 Å². The number of hydrogen-bond donors (Lipinski definition) is 2. The molecular weight excluding hydrogens is 509 g/mol. The number of carbonyl (C=O) groups is 2. The molecule has 6 nitrogen and oxygen atoms in total. The Balaban J connectivity index is 1.99. The van der Waals surface area contributed by atoms with Gasteiger partial charge in [-0.1, -0.05) is 68.2 Å². The first-order chi connectivity index (χ1) is 16.4. The Morgan fingerprint density at radius 2 is 1.83 bits per heavy atom. The lowest BCUT2D eigenvalue weighted by Crippen LogP contribution is -2.56. The van der Waals surface area contributed by atoms with Crippen LogP contribution in [0.15, 0.2) is 48.5 Å². The third-order valence-corrected chi connectivity index (χ3v) is 9.67. The molecule has 35 heavy (non-hydrogen) atoms. The number of carbonyl (C=O) groups excluding carboxylic acids is 1. The van der Waals surface area contributed by atoms with Crippen molar-refractivity contribution in [3.05, 3.63) is 69.7 Å². The second kappa shape index (κ2) is 10.9. The summed E-state index contributed by atoms with van der Waals surface area (Å²) in [7, 11) is -3.46. The van der Waals surface area contributed by atoms with Crippen molar-refractivity contribution in [3.8, 4) is 0 Å². The van der Waals surface area contributed by atoms with Crippen molar-refractivity contribution in [1.82, 2.24) is 5.32 Å². The lowest BCUT2D eigenvalue weighted by Gasteiger charge is -2.45. The van der Waals surface area contributed by atoms with Gasteiger partial charge in [-0.2, -0.15) is 0 Å². The fraction of sp³-hybridized carbons (Fsp3) is 0.462. The van der Waals surface area contributed by atoms with Crippen molar-refractivity contribution < 1.29 is 23.1 Å². The zero-order valence-corrected chi connectivity index (χ0v) is 22.3. The summed E-state index contributed by atoms with van der Waals surface area (Å²) in [5.41, 5.74) is 0.438. The zero-order valence-electron chi connectivity index (χ0n) is 20.0. The van der Waals surface area contributed by atoms with Gasteiger partial charge in [-0.3, -0.25) is 9.59 Å². The van der Waals surface area contributed by atoms with Crippen LogP contribution in [0.3, 0.4) is 0 Å². The van der Waals surface area contributed by atoms with E-state index in [-0.39, 0.29) is 36.3 Å². The van der Waals surface area contributed by atoms with Crippen LogP contribution in [0.25, 0.3) is 0 Å². The summed E-state index contributed by atoms with van der Waals surface area (Å²) in [6.45, 7) is 5.21. The zero-order chi connectivity index (χ0) is 26.0. The predicted octanol–water partition coefficient (Wildman–Crippen LogP) is 5.65. The van der Waals surface area contributed by atoms with Gasteiger partial charge in [0.15, 0.2) is 9.84 Å². The molecule has 1 fully saturated rings. The summed E-state index contributed by atoms with van der Waals surface area (Å²) in [5, 5.41) is 12.8. The van der Waals surface area contributed by atoms with Gasteiger partial charge in [0.05, 0.1) is 17.1 Å². The Morgan fingerprint density at radius 1 is 1.17 bits per heavy atom. The number of sulfone groups is 1. The van der Waals surface area contributed by atoms with Crippen LogP contribution in [0, 0.1) is 11.3 Å². The highest BCUT2D eigenvalue weighted by atomic mass is 35.5. The quantitative estimate of drug-likeness (QED) is 0.428. The van der Waals surface area contributed by atoms with Crippen molar-refractivity contribution in [2.45, 2.75) is 57.2 Å². The molecule has 0 aromatic heterocycles. The molecule has 1 aliphatic rings. The maximum atomic E-state index is 13.1. The number of aliphatic carboxylic acids is 1. The minimum absolute atomic E-state index is 0.0154. The smallest absolute Gasteiger partial charge is 0.304 e. The van der Waals surface area contributed by atoms with Crippen LogP contribution in [0.4, 0.5) is 0 Å². The topological polar surface area (TPSA) is 101 Å². The molecule has 1 aliphatic heterocycles. The molecule has 1 unspecified atom stereocenters. The van der Waals surface area contributed by atoms with Gasteiger partial charge in [-0.05, 0) is 54.2 Å². The van der Waals surface area contributed by atoms with Crippen LogP contribution >= 0.6 is 23.2 Å². The molecule has 1 heterocycles. The first-order valence-corrected chi connectivity index (χ1v) is 14.1.